The molecule has 1 atom stereocenters. The van der Waals surface area contributed by atoms with E-state index >= 15 is 0 Å². The molecule has 0 aliphatic carbocycles. The van der Waals surface area contributed by atoms with Gasteiger partial charge >= 0.3 is 0 Å². The van der Waals surface area contributed by atoms with Crippen LogP contribution in [0.25, 0.3) is 0 Å². The zero-order valence-electron chi connectivity index (χ0n) is 12.0. The van der Waals surface area contributed by atoms with Crippen LogP contribution in [0.1, 0.15) is 18.4 Å². The highest BCUT2D eigenvalue weighted by Gasteiger charge is 2.30. The summed E-state index contributed by atoms with van der Waals surface area (Å²) in [6.45, 7) is 3.16. The van der Waals surface area contributed by atoms with Crippen molar-refractivity contribution in [2.45, 2.75) is 25.4 Å². The Kier molecular flexibility index (Phi) is 5.38. The van der Waals surface area contributed by atoms with E-state index < -0.39 is 0 Å². The van der Waals surface area contributed by atoms with Gasteiger partial charge in [0.2, 0.25) is 5.91 Å². The average Bonchev–Trinajstić information content (AvgIpc) is 2.93. The fraction of sp³-hybridized carbons (Fsp3) is 0.533. The maximum Gasteiger partial charge on any atom is 0.240 e. The van der Waals surface area contributed by atoms with Crippen molar-refractivity contribution >= 4 is 11.6 Å². The number of carbonyl (C=O) groups excluding carboxylic acids is 1. The van der Waals surface area contributed by atoms with Gasteiger partial charge in [-0.2, -0.15) is 0 Å². The fourth-order valence-electron chi connectivity index (χ4n) is 2.69. The molecule has 0 radical (unpaired) electrons. The molecule has 3 N–H and O–H groups in total. The van der Waals surface area contributed by atoms with E-state index in [0.29, 0.717) is 6.61 Å². The number of nitrogens with one attached hydrogen (secondary N) is 1. The molecule has 1 amide bonds. The van der Waals surface area contributed by atoms with Crippen molar-refractivity contribution in [3.05, 3.63) is 29.8 Å². The topological polar surface area (TPSA) is 67.6 Å². The number of para-hydroxylation sites is 1. The number of nitrogens with zero attached hydrogens (tertiary/aromatic N) is 1. The average molecular weight is 277 g/mol. The van der Waals surface area contributed by atoms with Crippen LogP contribution in [0.2, 0.25) is 0 Å². The van der Waals surface area contributed by atoms with Crippen molar-refractivity contribution in [1.29, 1.82) is 0 Å². The van der Waals surface area contributed by atoms with Crippen molar-refractivity contribution in [2.24, 2.45) is 5.73 Å². The summed E-state index contributed by atoms with van der Waals surface area (Å²) in [5.41, 5.74) is 7.80. The van der Waals surface area contributed by atoms with Gasteiger partial charge in [-0.25, -0.2) is 0 Å². The molecule has 110 valence electrons. The Morgan fingerprint density at radius 2 is 2.30 bits per heavy atom. The van der Waals surface area contributed by atoms with Gasteiger partial charge in [0.25, 0.3) is 0 Å². The quantitative estimate of drug-likeness (QED) is 0.726. The number of rotatable bonds is 7. The molecule has 2 rings (SSSR count). The van der Waals surface area contributed by atoms with Crippen LogP contribution in [-0.4, -0.2) is 38.8 Å². The maximum atomic E-state index is 11.5. The maximum absolute atomic E-state index is 11.5. The predicted molar refractivity (Wildman–Crippen MR) is 79.6 cm³/mol. The molecule has 20 heavy (non-hydrogen) atoms. The number of ether oxygens (including phenoxy) is 1. The summed E-state index contributed by atoms with van der Waals surface area (Å²) in [5.74, 6) is -0.232. The molecule has 1 aromatic rings. The van der Waals surface area contributed by atoms with E-state index in [-0.39, 0.29) is 11.9 Å². The van der Waals surface area contributed by atoms with Gasteiger partial charge in [-0.05, 0) is 24.5 Å². The molecule has 5 heteroatoms. The van der Waals surface area contributed by atoms with Crippen LogP contribution < -0.4 is 16.0 Å². The standard InChI is InChI=1S/C15H23N3O2/c1-20-10-8-17-11-12-5-2-3-6-13(12)18-9-4-7-14(18)15(16)19/h2-3,5-6,14,17H,4,7-11H2,1H3,(H2,16,19). The number of methoxy groups -OCH3 is 1. The van der Waals surface area contributed by atoms with Crippen LogP contribution >= 0.6 is 0 Å². The molecule has 0 bridgehead atoms. The van der Waals surface area contributed by atoms with E-state index in [0.717, 1.165) is 38.2 Å². The highest BCUT2D eigenvalue weighted by atomic mass is 16.5. The van der Waals surface area contributed by atoms with Crippen molar-refractivity contribution in [2.75, 3.05) is 31.7 Å². The summed E-state index contributed by atoms with van der Waals surface area (Å²) >= 11 is 0. The van der Waals surface area contributed by atoms with E-state index in [2.05, 4.69) is 22.3 Å². The predicted octanol–water partition coefficient (Wildman–Crippen LogP) is 0.877. The molecule has 5 nitrogen and oxygen atoms in total. The number of benzene rings is 1. The second-order valence-electron chi connectivity index (χ2n) is 5.05. The van der Waals surface area contributed by atoms with Crippen LogP contribution in [-0.2, 0) is 16.1 Å². The van der Waals surface area contributed by atoms with Crippen molar-refractivity contribution in [3.63, 3.8) is 0 Å². The Balaban J connectivity index is 2.08. The summed E-state index contributed by atoms with van der Waals surface area (Å²) < 4.78 is 5.02. The third-order valence-corrected chi connectivity index (χ3v) is 3.68. The van der Waals surface area contributed by atoms with Crippen molar-refractivity contribution in [1.82, 2.24) is 5.32 Å². The Morgan fingerprint density at radius 1 is 1.50 bits per heavy atom. The lowest BCUT2D eigenvalue weighted by atomic mass is 10.1. The minimum Gasteiger partial charge on any atom is -0.383 e. The first-order chi connectivity index (χ1) is 9.74. The lowest BCUT2D eigenvalue weighted by Gasteiger charge is -2.27. The number of amides is 1. The second kappa shape index (κ2) is 7.26. The zero-order chi connectivity index (χ0) is 14.4. The molecule has 1 unspecified atom stereocenters. The number of carbonyl (C=O) groups is 1. The molecule has 1 aromatic carbocycles. The van der Waals surface area contributed by atoms with Crippen molar-refractivity contribution in [3.8, 4) is 0 Å². The molecule has 0 saturated carbocycles. The molecule has 1 aliphatic heterocycles. The Labute approximate surface area is 120 Å². The van der Waals surface area contributed by atoms with Crippen LogP contribution in [0.5, 0.6) is 0 Å². The van der Waals surface area contributed by atoms with Gasteiger partial charge in [-0.15, -0.1) is 0 Å². The van der Waals surface area contributed by atoms with Gasteiger partial charge < -0.3 is 20.7 Å². The Morgan fingerprint density at radius 3 is 3.05 bits per heavy atom. The Hall–Kier alpha value is -1.59. The van der Waals surface area contributed by atoms with Gasteiger partial charge in [0.15, 0.2) is 0 Å². The highest BCUT2D eigenvalue weighted by molar-refractivity contribution is 5.84. The molecule has 1 aliphatic rings. The molecular formula is C15H23N3O2. The van der Waals surface area contributed by atoms with Crippen LogP contribution in [0.4, 0.5) is 5.69 Å². The monoisotopic (exact) mass is 277 g/mol. The fourth-order valence-corrected chi connectivity index (χ4v) is 2.69. The molecule has 1 fully saturated rings. The van der Waals surface area contributed by atoms with Gasteiger partial charge in [0.05, 0.1) is 6.61 Å². The second-order valence-corrected chi connectivity index (χ2v) is 5.05. The van der Waals surface area contributed by atoms with E-state index in [1.54, 1.807) is 7.11 Å². The van der Waals surface area contributed by atoms with Crippen LogP contribution in [0.15, 0.2) is 24.3 Å². The third kappa shape index (κ3) is 3.49. The van der Waals surface area contributed by atoms with Gasteiger partial charge in [-0.1, -0.05) is 18.2 Å². The molecular weight excluding hydrogens is 254 g/mol. The molecule has 0 aromatic heterocycles. The summed E-state index contributed by atoms with van der Waals surface area (Å²) in [6.07, 6.45) is 1.86. The summed E-state index contributed by atoms with van der Waals surface area (Å²) in [7, 11) is 1.69. The van der Waals surface area contributed by atoms with E-state index in [9.17, 15) is 4.79 Å². The lowest BCUT2D eigenvalue weighted by molar-refractivity contribution is -0.119. The lowest BCUT2D eigenvalue weighted by Crippen LogP contribution is -2.41. The molecule has 1 heterocycles. The largest absolute Gasteiger partial charge is 0.383 e. The first kappa shape index (κ1) is 14.8. The zero-order valence-corrected chi connectivity index (χ0v) is 12.0. The number of nitrogens with two attached hydrogens (primary N) is 1. The first-order valence-corrected chi connectivity index (χ1v) is 7.07. The van der Waals surface area contributed by atoms with Crippen LogP contribution in [0, 0.1) is 0 Å². The number of primary amides is 1. The number of hydrogen-bond donors (Lipinski definition) is 2. The minimum atomic E-state index is -0.232. The summed E-state index contributed by atoms with van der Waals surface area (Å²) in [4.78, 5) is 13.7. The first-order valence-electron chi connectivity index (χ1n) is 7.07. The number of hydrogen-bond acceptors (Lipinski definition) is 4. The smallest absolute Gasteiger partial charge is 0.240 e. The van der Waals surface area contributed by atoms with Crippen LogP contribution in [0.3, 0.4) is 0 Å². The summed E-state index contributed by atoms with van der Waals surface area (Å²) in [5, 5.41) is 3.34. The van der Waals surface area contributed by atoms with Gasteiger partial charge in [0, 0.05) is 32.4 Å². The molecule has 0 spiro atoms. The normalized spacial score (nSPS) is 18.4. The van der Waals surface area contributed by atoms with Gasteiger partial charge in [-0.3, -0.25) is 4.79 Å². The van der Waals surface area contributed by atoms with E-state index in [1.165, 1.54) is 5.56 Å². The third-order valence-electron chi connectivity index (χ3n) is 3.68. The summed E-state index contributed by atoms with van der Waals surface area (Å²) in [6, 6.07) is 8.01. The van der Waals surface area contributed by atoms with Gasteiger partial charge in [0.1, 0.15) is 6.04 Å². The van der Waals surface area contributed by atoms with E-state index in [4.69, 9.17) is 10.5 Å². The van der Waals surface area contributed by atoms with Crippen molar-refractivity contribution < 1.29 is 9.53 Å². The number of anilines is 1. The van der Waals surface area contributed by atoms with E-state index in [1.807, 2.05) is 12.1 Å². The SMILES string of the molecule is COCCNCc1ccccc1N1CCCC1C(N)=O. The minimum absolute atomic E-state index is 0.171. The highest BCUT2D eigenvalue weighted by Crippen LogP contribution is 2.28. The molecule has 1 saturated heterocycles. The Bertz CT molecular complexity index is 450.